The molecule has 0 saturated carbocycles. The zero-order valence-electron chi connectivity index (χ0n) is 19.5. The van der Waals surface area contributed by atoms with Gasteiger partial charge in [-0.05, 0) is 46.2 Å². The molecule has 4 aromatic rings. The highest BCUT2D eigenvalue weighted by Gasteiger charge is 2.25. The molecule has 2 aromatic carbocycles. The second-order valence-electron chi connectivity index (χ2n) is 8.61. The summed E-state index contributed by atoms with van der Waals surface area (Å²) in [6.45, 7) is 2.17. The topological polar surface area (TPSA) is 87.7 Å². The molecule has 7 heteroatoms. The number of Topliss-reactive ketones (excluding diaryl/α,β-unsaturated/α-hetero) is 1. The summed E-state index contributed by atoms with van der Waals surface area (Å²) in [6, 6.07) is 20.5. The van der Waals surface area contributed by atoms with Crippen molar-refractivity contribution >= 4 is 29.1 Å². The number of nitrogens with zero attached hydrogens (tertiary/aromatic N) is 2. The van der Waals surface area contributed by atoms with E-state index in [4.69, 9.17) is 4.98 Å². The number of hydrogen-bond donors (Lipinski definition) is 2. The summed E-state index contributed by atoms with van der Waals surface area (Å²) in [4.78, 5) is 29.7. The fourth-order valence-corrected chi connectivity index (χ4v) is 5.16. The number of amides is 1. The van der Waals surface area contributed by atoms with E-state index < -0.39 is 0 Å². The normalized spacial score (nSPS) is 15.5. The Labute approximate surface area is 208 Å². The van der Waals surface area contributed by atoms with E-state index in [2.05, 4.69) is 64.2 Å². The molecule has 1 fully saturated rings. The molecule has 176 valence electrons. The predicted octanol–water partition coefficient (Wildman–Crippen LogP) is 5.49. The van der Waals surface area contributed by atoms with E-state index in [1.54, 1.807) is 17.4 Å². The summed E-state index contributed by atoms with van der Waals surface area (Å²) in [5, 5.41) is 12.4. The first-order valence-electron chi connectivity index (χ1n) is 11.8. The van der Waals surface area contributed by atoms with Crippen LogP contribution in [-0.4, -0.2) is 26.9 Å². The number of carbonyl (C=O) groups is 2. The molecule has 1 amide bonds. The highest BCUT2D eigenvalue weighted by atomic mass is 32.1. The first-order chi connectivity index (χ1) is 17.1. The van der Waals surface area contributed by atoms with Crippen molar-refractivity contribution in [3.05, 3.63) is 99.4 Å². The van der Waals surface area contributed by atoms with Gasteiger partial charge in [0.2, 0.25) is 5.91 Å². The molecule has 6 nitrogen and oxygen atoms in total. The molecular weight excluding hydrogens is 456 g/mol. The van der Waals surface area contributed by atoms with Gasteiger partial charge in [-0.2, -0.15) is 5.10 Å². The van der Waals surface area contributed by atoms with Gasteiger partial charge in [0.1, 0.15) is 5.82 Å². The minimum Gasteiger partial charge on any atom is -0.323 e. The second kappa shape index (κ2) is 10.2. The van der Waals surface area contributed by atoms with E-state index in [-0.39, 0.29) is 24.0 Å². The molecule has 0 spiro atoms. The van der Waals surface area contributed by atoms with Crippen LogP contribution in [0.2, 0.25) is 0 Å². The molecule has 0 aliphatic carbocycles. The van der Waals surface area contributed by atoms with Gasteiger partial charge in [-0.3, -0.25) is 14.7 Å². The Hall–Kier alpha value is -3.84. The summed E-state index contributed by atoms with van der Waals surface area (Å²) in [5.74, 6) is 1.23. The van der Waals surface area contributed by atoms with Gasteiger partial charge in [0.25, 0.3) is 0 Å². The molecule has 35 heavy (non-hydrogen) atoms. The zero-order valence-corrected chi connectivity index (χ0v) is 20.3. The Bertz CT molecular complexity index is 1370. The average molecular weight is 483 g/mol. The van der Waals surface area contributed by atoms with Gasteiger partial charge in [0.15, 0.2) is 11.6 Å². The van der Waals surface area contributed by atoms with Gasteiger partial charge in [-0.15, -0.1) is 11.3 Å². The molecule has 2 aromatic heterocycles. The molecular formula is C28H26N4O2S. The number of ketones is 1. The van der Waals surface area contributed by atoms with Crippen LogP contribution in [0.5, 0.6) is 0 Å². The Morgan fingerprint density at radius 3 is 2.60 bits per heavy atom. The molecule has 0 bridgehead atoms. The van der Waals surface area contributed by atoms with Crippen molar-refractivity contribution in [1.82, 2.24) is 20.5 Å². The van der Waals surface area contributed by atoms with Gasteiger partial charge in [0, 0.05) is 11.3 Å². The summed E-state index contributed by atoms with van der Waals surface area (Å²) in [7, 11) is 0. The standard InChI is InChI=1S/C28H26N4O2S/c1-2-3-10-25-30-28(32-31-25)27(24-9-6-15-35-24)19-13-11-18(12-14-19)21-8-5-4-7-20(21)16-22-23(33)17-26(34)29-22/h4-9,11-16,27H,2-3,10,17H2,1H3,(H,29,34)(H,30,31,32)/b22-16-. The van der Waals surface area contributed by atoms with Crippen LogP contribution in [0.25, 0.3) is 17.2 Å². The molecule has 1 unspecified atom stereocenters. The smallest absolute Gasteiger partial charge is 0.232 e. The number of carbonyl (C=O) groups excluding carboxylic acids is 2. The molecule has 2 N–H and O–H groups in total. The first-order valence-corrected chi connectivity index (χ1v) is 12.7. The van der Waals surface area contributed by atoms with Gasteiger partial charge in [-0.1, -0.05) is 67.9 Å². The lowest BCUT2D eigenvalue weighted by Crippen LogP contribution is -2.12. The Kier molecular flexibility index (Phi) is 6.68. The van der Waals surface area contributed by atoms with Crippen LogP contribution in [0, 0.1) is 0 Å². The van der Waals surface area contributed by atoms with Gasteiger partial charge in [-0.25, -0.2) is 4.98 Å². The lowest BCUT2D eigenvalue weighted by atomic mass is 9.93. The van der Waals surface area contributed by atoms with Crippen molar-refractivity contribution in [2.75, 3.05) is 0 Å². The Morgan fingerprint density at radius 1 is 1.06 bits per heavy atom. The maximum atomic E-state index is 12.1. The van der Waals surface area contributed by atoms with E-state index in [9.17, 15) is 9.59 Å². The number of unbranched alkanes of at least 4 members (excludes halogenated alkanes) is 1. The number of aromatic nitrogens is 3. The average Bonchev–Trinajstić information content (AvgIpc) is 3.62. The first kappa shape index (κ1) is 22.9. The number of nitrogens with one attached hydrogen (secondary N) is 2. The number of hydrogen-bond acceptors (Lipinski definition) is 5. The molecule has 1 saturated heterocycles. The van der Waals surface area contributed by atoms with Gasteiger partial charge < -0.3 is 5.32 Å². The van der Waals surface area contributed by atoms with Crippen molar-refractivity contribution in [2.24, 2.45) is 0 Å². The monoisotopic (exact) mass is 482 g/mol. The second-order valence-corrected chi connectivity index (χ2v) is 9.59. The minimum absolute atomic E-state index is 0.0423. The number of thiophene rings is 1. The van der Waals surface area contributed by atoms with Gasteiger partial charge in [0.05, 0.1) is 18.0 Å². The minimum atomic E-state index is -0.257. The fraction of sp³-hybridized carbons (Fsp3) is 0.214. The molecule has 1 aliphatic heterocycles. The molecule has 1 aliphatic rings. The van der Waals surface area contributed by atoms with Gasteiger partial charge >= 0.3 is 0 Å². The van der Waals surface area contributed by atoms with Crippen LogP contribution < -0.4 is 5.32 Å². The van der Waals surface area contributed by atoms with Crippen LogP contribution in [0.1, 0.15) is 59.8 Å². The highest BCUT2D eigenvalue weighted by Crippen LogP contribution is 2.35. The number of H-pyrrole nitrogens is 1. The predicted molar refractivity (Wildman–Crippen MR) is 138 cm³/mol. The van der Waals surface area contributed by atoms with Crippen molar-refractivity contribution in [2.45, 2.75) is 38.5 Å². The van der Waals surface area contributed by atoms with Crippen LogP contribution in [0.15, 0.2) is 71.7 Å². The molecule has 5 rings (SSSR count). The Morgan fingerprint density at radius 2 is 1.89 bits per heavy atom. The molecule has 0 radical (unpaired) electrons. The quantitative estimate of drug-likeness (QED) is 0.257. The lowest BCUT2D eigenvalue weighted by Gasteiger charge is -2.14. The van der Waals surface area contributed by atoms with Crippen molar-refractivity contribution in [3.8, 4) is 11.1 Å². The Balaban J connectivity index is 1.47. The highest BCUT2D eigenvalue weighted by molar-refractivity contribution is 7.10. The third-order valence-corrected chi connectivity index (χ3v) is 7.05. The van der Waals surface area contributed by atoms with Crippen LogP contribution >= 0.6 is 11.3 Å². The summed E-state index contributed by atoms with van der Waals surface area (Å²) >= 11 is 1.70. The zero-order chi connectivity index (χ0) is 24.2. The van der Waals surface area contributed by atoms with E-state index >= 15 is 0 Å². The van der Waals surface area contributed by atoms with E-state index in [0.29, 0.717) is 5.70 Å². The van der Waals surface area contributed by atoms with Crippen LogP contribution in [-0.2, 0) is 16.0 Å². The van der Waals surface area contributed by atoms with Crippen LogP contribution in [0.3, 0.4) is 0 Å². The largest absolute Gasteiger partial charge is 0.323 e. The SMILES string of the molecule is CCCCc1nc(C(c2ccc(-c3ccccc3/C=C3\NC(=O)CC3=O)cc2)c2cccs2)n[nH]1. The van der Waals surface area contributed by atoms with E-state index in [1.807, 2.05) is 24.3 Å². The summed E-state index contributed by atoms with van der Waals surface area (Å²) in [5.41, 5.74) is 4.37. The fourth-order valence-electron chi connectivity index (χ4n) is 4.31. The molecule has 3 heterocycles. The number of aromatic amines is 1. The number of allylic oxidation sites excluding steroid dienone is 1. The maximum Gasteiger partial charge on any atom is 0.232 e. The summed E-state index contributed by atoms with van der Waals surface area (Å²) in [6.07, 6.45) is 4.77. The number of benzene rings is 2. The van der Waals surface area contributed by atoms with Crippen molar-refractivity contribution < 1.29 is 9.59 Å². The van der Waals surface area contributed by atoms with E-state index in [0.717, 1.165) is 53.2 Å². The third-order valence-electron chi connectivity index (χ3n) is 6.11. The number of aryl methyl sites for hydroxylation is 1. The summed E-state index contributed by atoms with van der Waals surface area (Å²) < 4.78 is 0. The molecule has 1 atom stereocenters. The van der Waals surface area contributed by atoms with E-state index in [1.165, 1.54) is 4.88 Å². The van der Waals surface area contributed by atoms with Crippen molar-refractivity contribution in [3.63, 3.8) is 0 Å². The third kappa shape index (κ3) is 5.00. The van der Waals surface area contributed by atoms with Crippen LogP contribution in [0.4, 0.5) is 0 Å². The maximum absolute atomic E-state index is 12.1. The lowest BCUT2D eigenvalue weighted by molar-refractivity contribution is -0.121. The van der Waals surface area contributed by atoms with Crippen molar-refractivity contribution in [1.29, 1.82) is 0 Å². The number of rotatable bonds is 8.